The van der Waals surface area contributed by atoms with Crippen LogP contribution in [-0.2, 0) is 11.2 Å². The molecule has 0 N–H and O–H groups in total. The lowest BCUT2D eigenvalue weighted by molar-refractivity contribution is -0.00585. The molecule has 0 spiro atoms. The molecule has 1 heterocycles. The number of carbonyl (C=O) groups excluding carboxylic acids is 1. The van der Waals surface area contributed by atoms with Crippen LogP contribution >= 0.6 is 0 Å². The molecule has 0 radical (unpaired) electrons. The first kappa shape index (κ1) is 14.2. The lowest BCUT2D eigenvalue weighted by atomic mass is 10.1. The maximum atomic E-state index is 12.3. The second kappa shape index (κ2) is 6.83. The van der Waals surface area contributed by atoms with E-state index in [1.807, 2.05) is 24.3 Å². The second-order valence-electron chi connectivity index (χ2n) is 5.08. The van der Waals surface area contributed by atoms with E-state index < -0.39 is 0 Å². The van der Waals surface area contributed by atoms with Crippen molar-refractivity contribution in [2.75, 3.05) is 26.3 Å². The molecule has 1 aromatic carbocycles. The Balaban J connectivity index is 1.98. The predicted octanol–water partition coefficient (Wildman–Crippen LogP) is 2.54. The van der Waals surface area contributed by atoms with Gasteiger partial charge in [-0.15, -0.1) is 0 Å². The standard InChI is InChI=1S/C16H23NO2/c1-3-13-5-7-14(8-6-13)16(18)11-17-9-10-19-12-15(17)4-2/h5-8,15H,3-4,9-12H2,1-2H3. The van der Waals surface area contributed by atoms with Gasteiger partial charge in [-0.05, 0) is 18.4 Å². The molecule has 3 heteroatoms. The van der Waals surface area contributed by atoms with Gasteiger partial charge in [-0.3, -0.25) is 9.69 Å². The maximum Gasteiger partial charge on any atom is 0.176 e. The highest BCUT2D eigenvalue weighted by molar-refractivity contribution is 5.97. The number of Topliss-reactive ketones (excluding diaryl/α,β-unsaturated/α-hetero) is 1. The van der Waals surface area contributed by atoms with Crippen molar-refractivity contribution in [3.63, 3.8) is 0 Å². The minimum Gasteiger partial charge on any atom is -0.378 e. The van der Waals surface area contributed by atoms with Gasteiger partial charge >= 0.3 is 0 Å². The molecule has 0 saturated carbocycles. The van der Waals surface area contributed by atoms with E-state index in [0.717, 1.165) is 38.2 Å². The van der Waals surface area contributed by atoms with Gasteiger partial charge in [0.25, 0.3) is 0 Å². The van der Waals surface area contributed by atoms with Crippen LogP contribution in [0.1, 0.15) is 36.2 Å². The number of rotatable bonds is 5. The monoisotopic (exact) mass is 261 g/mol. The van der Waals surface area contributed by atoms with Gasteiger partial charge in [-0.25, -0.2) is 0 Å². The van der Waals surface area contributed by atoms with Crippen molar-refractivity contribution in [3.8, 4) is 0 Å². The van der Waals surface area contributed by atoms with Gasteiger partial charge < -0.3 is 4.74 Å². The quantitative estimate of drug-likeness (QED) is 0.763. The van der Waals surface area contributed by atoms with Crippen molar-refractivity contribution in [1.29, 1.82) is 0 Å². The zero-order valence-corrected chi connectivity index (χ0v) is 11.9. The highest BCUT2D eigenvalue weighted by Crippen LogP contribution is 2.12. The first-order valence-electron chi connectivity index (χ1n) is 7.18. The number of carbonyl (C=O) groups is 1. The number of hydrogen-bond donors (Lipinski definition) is 0. The predicted molar refractivity (Wildman–Crippen MR) is 76.6 cm³/mol. The number of nitrogens with zero attached hydrogens (tertiary/aromatic N) is 1. The fraction of sp³-hybridized carbons (Fsp3) is 0.562. The third-order valence-corrected chi connectivity index (χ3v) is 3.85. The molecule has 104 valence electrons. The molecule has 1 atom stereocenters. The van der Waals surface area contributed by atoms with Gasteiger partial charge in [0, 0.05) is 18.2 Å². The molecule has 1 aliphatic rings. The van der Waals surface area contributed by atoms with Crippen molar-refractivity contribution in [2.45, 2.75) is 32.7 Å². The van der Waals surface area contributed by atoms with Crippen molar-refractivity contribution >= 4 is 5.78 Å². The summed E-state index contributed by atoms with van der Waals surface area (Å²) in [7, 11) is 0. The molecule has 19 heavy (non-hydrogen) atoms. The Morgan fingerprint density at radius 2 is 2.05 bits per heavy atom. The van der Waals surface area contributed by atoms with E-state index in [1.54, 1.807) is 0 Å². The molecule has 3 nitrogen and oxygen atoms in total. The third-order valence-electron chi connectivity index (χ3n) is 3.85. The molecule has 1 aromatic rings. The van der Waals surface area contributed by atoms with Gasteiger partial charge in [0.05, 0.1) is 19.8 Å². The number of benzene rings is 1. The Bertz CT molecular complexity index is 413. The topological polar surface area (TPSA) is 29.5 Å². The third kappa shape index (κ3) is 3.64. The van der Waals surface area contributed by atoms with Gasteiger partial charge in [0.15, 0.2) is 5.78 Å². The molecular formula is C16H23NO2. The molecule has 0 bridgehead atoms. The van der Waals surface area contributed by atoms with E-state index in [0.29, 0.717) is 12.6 Å². The van der Waals surface area contributed by atoms with Crippen molar-refractivity contribution in [3.05, 3.63) is 35.4 Å². The van der Waals surface area contributed by atoms with Crippen LogP contribution in [0.15, 0.2) is 24.3 Å². The lowest BCUT2D eigenvalue weighted by Gasteiger charge is -2.34. The number of morpholine rings is 1. The minimum absolute atomic E-state index is 0.211. The van der Waals surface area contributed by atoms with E-state index >= 15 is 0 Å². The van der Waals surface area contributed by atoms with Crippen LogP contribution in [0.3, 0.4) is 0 Å². The van der Waals surface area contributed by atoms with Crippen LogP contribution in [-0.4, -0.2) is 43.0 Å². The van der Waals surface area contributed by atoms with Crippen LogP contribution in [0, 0.1) is 0 Å². The Kier molecular flexibility index (Phi) is 5.11. The molecule has 1 aliphatic heterocycles. The molecule has 1 fully saturated rings. The van der Waals surface area contributed by atoms with Gasteiger partial charge in [0.2, 0.25) is 0 Å². The highest BCUT2D eigenvalue weighted by atomic mass is 16.5. The minimum atomic E-state index is 0.211. The fourth-order valence-corrected chi connectivity index (χ4v) is 2.48. The van der Waals surface area contributed by atoms with Gasteiger partial charge in [0.1, 0.15) is 0 Å². The van der Waals surface area contributed by atoms with E-state index in [2.05, 4.69) is 18.7 Å². The molecule has 0 amide bonds. The van der Waals surface area contributed by atoms with Crippen LogP contribution in [0.25, 0.3) is 0 Å². The summed E-state index contributed by atoms with van der Waals surface area (Å²) in [5, 5.41) is 0. The molecule has 0 aromatic heterocycles. The Morgan fingerprint density at radius 1 is 1.32 bits per heavy atom. The maximum absolute atomic E-state index is 12.3. The molecular weight excluding hydrogens is 238 g/mol. The largest absolute Gasteiger partial charge is 0.378 e. The van der Waals surface area contributed by atoms with Gasteiger partial charge in [-0.1, -0.05) is 38.1 Å². The smallest absolute Gasteiger partial charge is 0.176 e. The lowest BCUT2D eigenvalue weighted by Crippen LogP contribution is -2.47. The molecule has 0 aliphatic carbocycles. The first-order valence-corrected chi connectivity index (χ1v) is 7.18. The summed E-state index contributed by atoms with van der Waals surface area (Å²) in [5.41, 5.74) is 2.09. The summed E-state index contributed by atoms with van der Waals surface area (Å²) >= 11 is 0. The van der Waals surface area contributed by atoms with Crippen molar-refractivity contribution in [2.24, 2.45) is 0 Å². The Labute approximate surface area is 115 Å². The summed E-state index contributed by atoms with van der Waals surface area (Å²) in [4.78, 5) is 14.5. The van der Waals surface area contributed by atoms with Gasteiger partial charge in [-0.2, -0.15) is 0 Å². The number of ether oxygens (including phenoxy) is 1. The van der Waals surface area contributed by atoms with Crippen molar-refractivity contribution < 1.29 is 9.53 Å². The Hall–Kier alpha value is -1.19. The molecule has 2 rings (SSSR count). The highest BCUT2D eigenvalue weighted by Gasteiger charge is 2.23. The van der Waals surface area contributed by atoms with E-state index in [-0.39, 0.29) is 5.78 Å². The summed E-state index contributed by atoms with van der Waals surface area (Å²) in [6.45, 7) is 7.12. The van der Waals surface area contributed by atoms with E-state index in [9.17, 15) is 4.79 Å². The van der Waals surface area contributed by atoms with Crippen LogP contribution in [0.4, 0.5) is 0 Å². The normalized spacial score (nSPS) is 20.4. The average Bonchev–Trinajstić information content (AvgIpc) is 2.48. The summed E-state index contributed by atoms with van der Waals surface area (Å²) in [5.74, 6) is 0.211. The zero-order chi connectivity index (χ0) is 13.7. The Morgan fingerprint density at radius 3 is 2.68 bits per heavy atom. The van der Waals surface area contributed by atoms with Crippen LogP contribution < -0.4 is 0 Å². The summed E-state index contributed by atoms with van der Waals surface area (Å²) in [6, 6.07) is 8.37. The van der Waals surface area contributed by atoms with E-state index in [4.69, 9.17) is 4.74 Å². The fourth-order valence-electron chi connectivity index (χ4n) is 2.48. The van der Waals surface area contributed by atoms with Crippen LogP contribution in [0.2, 0.25) is 0 Å². The molecule has 1 saturated heterocycles. The number of hydrogen-bond acceptors (Lipinski definition) is 3. The first-order chi connectivity index (χ1) is 9.24. The summed E-state index contributed by atoms with van der Waals surface area (Å²) in [6.07, 6.45) is 2.04. The van der Waals surface area contributed by atoms with Crippen molar-refractivity contribution in [1.82, 2.24) is 4.90 Å². The number of ketones is 1. The number of aryl methyl sites for hydroxylation is 1. The zero-order valence-electron chi connectivity index (χ0n) is 11.9. The summed E-state index contributed by atoms with van der Waals surface area (Å²) < 4.78 is 5.47. The van der Waals surface area contributed by atoms with Crippen LogP contribution in [0.5, 0.6) is 0 Å². The average molecular weight is 261 g/mol. The van der Waals surface area contributed by atoms with E-state index in [1.165, 1.54) is 5.56 Å². The SMILES string of the molecule is CCc1ccc(C(=O)CN2CCOCC2CC)cc1. The second-order valence-corrected chi connectivity index (χ2v) is 5.08. The molecule has 1 unspecified atom stereocenters.